The first-order valence-corrected chi connectivity index (χ1v) is 7.60. The summed E-state index contributed by atoms with van der Waals surface area (Å²) in [6.45, 7) is 7.11. The maximum absolute atomic E-state index is 12.1. The summed E-state index contributed by atoms with van der Waals surface area (Å²) in [4.78, 5) is 16.8. The molecule has 1 aromatic heterocycles. The number of rotatable bonds is 6. The molecule has 0 saturated heterocycles. The molecule has 4 N–H and O–H groups in total. The zero-order valence-electron chi connectivity index (χ0n) is 11.7. The molecule has 1 aromatic rings. The Kier molecular flexibility index (Phi) is 4.29. The van der Waals surface area contributed by atoms with Crippen LogP contribution in [0, 0.1) is 11.8 Å². The fourth-order valence-corrected chi connectivity index (χ4v) is 2.64. The highest BCUT2D eigenvalue weighted by Gasteiger charge is 2.30. The molecule has 1 heterocycles. The van der Waals surface area contributed by atoms with E-state index in [-0.39, 0.29) is 11.9 Å². The van der Waals surface area contributed by atoms with Crippen LogP contribution in [-0.2, 0) is 0 Å². The number of hydrogen-bond donors (Lipinski definition) is 3. The Morgan fingerprint density at radius 3 is 2.74 bits per heavy atom. The lowest BCUT2D eigenvalue weighted by Crippen LogP contribution is -2.33. The molecule has 0 radical (unpaired) electrons. The third kappa shape index (κ3) is 3.83. The second-order valence-electron chi connectivity index (χ2n) is 5.61. The van der Waals surface area contributed by atoms with Crippen LogP contribution in [0.1, 0.15) is 43.3 Å². The summed E-state index contributed by atoms with van der Waals surface area (Å²) in [5.74, 6) is 1.37. The Balaban J connectivity index is 1.96. The highest BCUT2D eigenvalue weighted by molar-refractivity contribution is 7.18. The van der Waals surface area contributed by atoms with Gasteiger partial charge in [-0.3, -0.25) is 4.79 Å². The first-order chi connectivity index (χ1) is 8.97. The molecule has 2 rings (SSSR count). The van der Waals surface area contributed by atoms with Crippen molar-refractivity contribution in [3.63, 3.8) is 0 Å². The first kappa shape index (κ1) is 14.1. The Labute approximate surface area is 118 Å². The minimum Gasteiger partial charge on any atom is -0.382 e. The van der Waals surface area contributed by atoms with Crippen LogP contribution in [0.3, 0.4) is 0 Å². The third-order valence-electron chi connectivity index (χ3n) is 3.21. The highest BCUT2D eigenvalue weighted by atomic mass is 32.1. The molecule has 1 aliphatic carbocycles. The van der Waals surface area contributed by atoms with Gasteiger partial charge in [-0.1, -0.05) is 25.2 Å². The van der Waals surface area contributed by atoms with Crippen LogP contribution in [0.25, 0.3) is 0 Å². The van der Waals surface area contributed by atoms with Crippen LogP contribution >= 0.6 is 11.3 Å². The number of nitrogens with one attached hydrogen (secondary N) is 2. The number of aromatic nitrogens is 1. The van der Waals surface area contributed by atoms with E-state index in [0.717, 1.165) is 11.7 Å². The molecular weight excluding hydrogens is 260 g/mol. The van der Waals surface area contributed by atoms with E-state index < -0.39 is 0 Å². The van der Waals surface area contributed by atoms with Crippen molar-refractivity contribution in [2.45, 2.75) is 39.7 Å². The largest absolute Gasteiger partial charge is 0.382 e. The summed E-state index contributed by atoms with van der Waals surface area (Å²) in [5, 5.41) is 6.91. The molecular formula is C13H22N4OS. The van der Waals surface area contributed by atoms with Gasteiger partial charge in [0.1, 0.15) is 10.7 Å². The van der Waals surface area contributed by atoms with Crippen molar-refractivity contribution in [2.75, 3.05) is 17.6 Å². The Morgan fingerprint density at radius 2 is 2.16 bits per heavy atom. The van der Waals surface area contributed by atoms with Crippen LogP contribution in [0.4, 0.5) is 10.9 Å². The Bertz CT molecular complexity index is 453. The summed E-state index contributed by atoms with van der Waals surface area (Å²) >= 11 is 1.32. The summed E-state index contributed by atoms with van der Waals surface area (Å²) in [7, 11) is 0. The smallest absolute Gasteiger partial charge is 0.265 e. The molecule has 5 nitrogen and oxygen atoms in total. The van der Waals surface area contributed by atoms with E-state index in [0.29, 0.717) is 22.5 Å². The van der Waals surface area contributed by atoms with E-state index in [9.17, 15) is 4.79 Å². The maximum Gasteiger partial charge on any atom is 0.265 e. The van der Waals surface area contributed by atoms with E-state index in [1.165, 1.54) is 24.2 Å². The first-order valence-electron chi connectivity index (χ1n) is 6.78. The van der Waals surface area contributed by atoms with Crippen LogP contribution in [0.15, 0.2) is 0 Å². The van der Waals surface area contributed by atoms with Crippen molar-refractivity contribution < 1.29 is 4.79 Å². The zero-order valence-corrected chi connectivity index (χ0v) is 12.5. The van der Waals surface area contributed by atoms with Gasteiger partial charge in [0.05, 0.1) is 0 Å². The van der Waals surface area contributed by atoms with Gasteiger partial charge in [-0.2, -0.15) is 0 Å². The molecule has 6 heteroatoms. The predicted octanol–water partition coefficient (Wildman–Crippen LogP) is 2.32. The highest BCUT2D eigenvalue weighted by Crippen LogP contribution is 2.33. The van der Waals surface area contributed by atoms with Crippen molar-refractivity contribution in [2.24, 2.45) is 11.8 Å². The average Bonchev–Trinajstić information content (AvgIpc) is 3.10. The number of carbonyl (C=O) groups excluding carboxylic acids is 1. The second-order valence-corrected chi connectivity index (χ2v) is 6.61. The molecule has 1 aliphatic rings. The van der Waals surface area contributed by atoms with E-state index in [2.05, 4.69) is 29.5 Å². The molecule has 1 atom stereocenters. The molecule has 106 valence electrons. The quantitative estimate of drug-likeness (QED) is 0.748. The Hall–Kier alpha value is -1.30. The maximum atomic E-state index is 12.1. The molecule has 1 saturated carbocycles. The van der Waals surface area contributed by atoms with Crippen LogP contribution in [0.2, 0.25) is 0 Å². The molecule has 0 spiro atoms. The van der Waals surface area contributed by atoms with Crippen molar-refractivity contribution >= 4 is 28.2 Å². The number of anilines is 2. The third-order valence-corrected chi connectivity index (χ3v) is 4.24. The number of nitrogens with zero attached hydrogens (tertiary/aromatic N) is 1. The molecule has 19 heavy (non-hydrogen) atoms. The van der Waals surface area contributed by atoms with E-state index in [4.69, 9.17) is 5.73 Å². The van der Waals surface area contributed by atoms with Gasteiger partial charge in [-0.05, 0) is 31.6 Å². The van der Waals surface area contributed by atoms with Gasteiger partial charge in [0, 0.05) is 12.6 Å². The van der Waals surface area contributed by atoms with Gasteiger partial charge < -0.3 is 16.4 Å². The number of thiazole rings is 1. The molecule has 0 bridgehead atoms. The second kappa shape index (κ2) is 5.77. The number of nitrogens with two attached hydrogens (primary N) is 1. The summed E-state index contributed by atoms with van der Waals surface area (Å²) < 4.78 is 0. The number of nitrogen functional groups attached to an aromatic ring is 1. The van der Waals surface area contributed by atoms with Gasteiger partial charge >= 0.3 is 0 Å². The molecule has 0 aromatic carbocycles. The van der Waals surface area contributed by atoms with Gasteiger partial charge in [-0.25, -0.2) is 4.98 Å². The summed E-state index contributed by atoms with van der Waals surface area (Å²) in [6.07, 6.45) is 2.42. The summed E-state index contributed by atoms with van der Waals surface area (Å²) in [5.41, 5.74) is 5.81. The van der Waals surface area contributed by atoms with Gasteiger partial charge in [-0.15, -0.1) is 0 Å². The minimum absolute atomic E-state index is 0.105. The Morgan fingerprint density at radius 1 is 1.47 bits per heavy atom. The molecule has 1 fully saturated rings. The lowest BCUT2D eigenvalue weighted by atomic mass is 10.2. The SMILES string of the molecule is CC(C)CNc1nc(N)c(C(=O)NC(C)C2CC2)s1. The molecule has 0 aliphatic heterocycles. The number of carbonyl (C=O) groups is 1. The summed E-state index contributed by atoms with van der Waals surface area (Å²) in [6, 6.07) is 0.223. The van der Waals surface area contributed by atoms with Gasteiger partial charge in [0.15, 0.2) is 5.13 Å². The van der Waals surface area contributed by atoms with Crippen molar-refractivity contribution in [1.82, 2.24) is 10.3 Å². The topological polar surface area (TPSA) is 80.0 Å². The fraction of sp³-hybridized carbons (Fsp3) is 0.692. The van der Waals surface area contributed by atoms with Crippen molar-refractivity contribution in [1.29, 1.82) is 0 Å². The number of amides is 1. The lowest BCUT2D eigenvalue weighted by Gasteiger charge is -2.11. The lowest BCUT2D eigenvalue weighted by molar-refractivity contribution is 0.0940. The van der Waals surface area contributed by atoms with Crippen molar-refractivity contribution in [3.8, 4) is 0 Å². The van der Waals surface area contributed by atoms with E-state index >= 15 is 0 Å². The normalized spacial score (nSPS) is 16.4. The fourth-order valence-electron chi connectivity index (χ4n) is 1.85. The van der Waals surface area contributed by atoms with Crippen LogP contribution in [0.5, 0.6) is 0 Å². The molecule has 1 amide bonds. The van der Waals surface area contributed by atoms with Gasteiger partial charge in [0.2, 0.25) is 0 Å². The average molecular weight is 282 g/mol. The minimum atomic E-state index is -0.105. The van der Waals surface area contributed by atoms with Crippen LogP contribution < -0.4 is 16.4 Å². The van der Waals surface area contributed by atoms with E-state index in [1.807, 2.05) is 6.92 Å². The van der Waals surface area contributed by atoms with E-state index in [1.54, 1.807) is 0 Å². The monoisotopic (exact) mass is 282 g/mol. The zero-order chi connectivity index (χ0) is 14.0. The predicted molar refractivity (Wildman–Crippen MR) is 79.5 cm³/mol. The van der Waals surface area contributed by atoms with Crippen LogP contribution in [-0.4, -0.2) is 23.5 Å². The van der Waals surface area contributed by atoms with Gasteiger partial charge in [0.25, 0.3) is 5.91 Å². The molecule has 1 unspecified atom stereocenters. The number of hydrogen-bond acceptors (Lipinski definition) is 5. The van der Waals surface area contributed by atoms with Crippen molar-refractivity contribution in [3.05, 3.63) is 4.88 Å². The standard InChI is InChI=1S/C13H22N4OS/c1-7(2)6-15-13-17-11(14)10(19-13)12(18)16-8(3)9-4-5-9/h7-9H,4-6,14H2,1-3H3,(H,15,17)(H,16,18).